The van der Waals surface area contributed by atoms with Crippen molar-refractivity contribution in [2.75, 3.05) is 0 Å². The number of amides is 1. The maximum Gasteiger partial charge on any atom is 0.404 e. The maximum atomic E-state index is 10.3. The quantitative estimate of drug-likeness (QED) is 0.876. The lowest BCUT2D eigenvalue weighted by Crippen LogP contribution is -2.12. The predicted octanol–water partition coefficient (Wildman–Crippen LogP) is 1.92. The van der Waals surface area contributed by atoms with E-state index in [0.717, 1.165) is 5.56 Å². The fourth-order valence-corrected chi connectivity index (χ4v) is 1.24. The number of nitrogens with two attached hydrogens (primary N) is 1. The highest BCUT2D eigenvalue weighted by atomic mass is 79.9. The van der Waals surface area contributed by atoms with Crippen molar-refractivity contribution in [1.82, 2.24) is 0 Å². The van der Waals surface area contributed by atoms with E-state index in [0.29, 0.717) is 10.0 Å². The van der Waals surface area contributed by atoms with Crippen molar-refractivity contribution in [3.05, 3.63) is 33.8 Å². The van der Waals surface area contributed by atoms with Crippen LogP contribution < -0.4 is 5.73 Å². The van der Waals surface area contributed by atoms with E-state index in [1.165, 1.54) is 0 Å². The zero-order valence-corrected chi connectivity index (χ0v) is 8.74. The van der Waals surface area contributed by atoms with Crippen LogP contribution in [0, 0.1) is 11.3 Å². The van der Waals surface area contributed by atoms with Crippen molar-refractivity contribution in [3.8, 4) is 6.07 Å². The van der Waals surface area contributed by atoms with Gasteiger partial charge in [0.15, 0.2) is 0 Å². The smallest absolute Gasteiger partial charge is 0.404 e. The SMILES string of the molecule is N#Cc1cc(COC(N)=O)ccc1Br. The number of ether oxygens (including phenoxy) is 1. The average Bonchev–Trinajstić information content (AvgIpc) is 2.16. The van der Waals surface area contributed by atoms with Crippen molar-refractivity contribution in [2.45, 2.75) is 6.61 Å². The molecule has 0 saturated heterocycles. The van der Waals surface area contributed by atoms with E-state index in [9.17, 15) is 4.79 Å². The third-order valence-electron chi connectivity index (χ3n) is 1.53. The minimum Gasteiger partial charge on any atom is -0.445 e. The first-order valence-electron chi connectivity index (χ1n) is 3.74. The van der Waals surface area contributed by atoms with Gasteiger partial charge in [0.25, 0.3) is 0 Å². The summed E-state index contributed by atoms with van der Waals surface area (Å²) in [5.74, 6) is 0. The van der Waals surface area contributed by atoms with Gasteiger partial charge in [0.1, 0.15) is 12.7 Å². The molecule has 1 rings (SSSR count). The second-order valence-corrected chi connectivity index (χ2v) is 3.39. The number of nitrogens with zero attached hydrogens (tertiary/aromatic N) is 1. The van der Waals surface area contributed by atoms with Crippen molar-refractivity contribution in [1.29, 1.82) is 5.26 Å². The topological polar surface area (TPSA) is 76.1 Å². The number of benzene rings is 1. The molecule has 0 aromatic heterocycles. The molecule has 0 spiro atoms. The molecule has 0 heterocycles. The van der Waals surface area contributed by atoms with Crippen LogP contribution >= 0.6 is 15.9 Å². The molecule has 0 unspecified atom stereocenters. The highest BCUT2D eigenvalue weighted by Gasteiger charge is 2.02. The highest BCUT2D eigenvalue weighted by molar-refractivity contribution is 9.10. The zero-order chi connectivity index (χ0) is 10.6. The molecule has 72 valence electrons. The number of hydrogen-bond donors (Lipinski definition) is 1. The number of carbonyl (C=O) groups excluding carboxylic acids is 1. The molecule has 0 radical (unpaired) electrons. The van der Waals surface area contributed by atoms with E-state index in [2.05, 4.69) is 20.7 Å². The van der Waals surface area contributed by atoms with Crippen LogP contribution in [-0.2, 0) is 11.3 Å². The van der Waals surface area contributed by atoms with Gasteiger partial charge in [0.05, 0.1) is 5.56 Å². The first kappa shape index (κ1) is 10.5. The molecule has 0 atom stereocenters. The summed E-state index contributed by atoms with van der Waals surface area (Å²) < 4.78 is 5.29. The van der Waals surface area contributed by atoms with Crippen LogP contribution in [0.3, 0.4) is 0 Å². The number of carbonyl (C=O) groups is 1. The summed E-state index contributed by atoms with van der Waals surface area (Å²) in [5.41, 5.74) is 6.03. The fourth-order valence-electron chi connectivity index (χ4n) is 0.902. The summed E-state index contributed by atoms with van der Waals surface area (Å²) in [5, 5.41) is 8.71. The van der Waals surface area contributed by atoms with E-state index in [4.69, 9.17) is 11.0 Å². The Morgan fingerprint density at radius 1 is 1.64 bits per heavy atom. The molecule has 14 heavy (non-hydrogen) atoms. The summed E-state index contributed by atoms with van der Waals surface area (Å²) in [6, 6.07) is 7.10. The Balaban J connectivity index is 2.80. The number of primary amides is 1. The van der Waals surface area contributed by atoms with Crippen molar-refractivity contribution in [3.63, 3.8) is 0 Å². The summed E-state index contributed by atoms with van der Waals surface area (Å²) in [4.78, 5) is 10.3. The molecule has 1 aromatic carbocycles. The Morgan fingerprint density at radius 2 is 2.36 bits per heavy atom. The molecule has 2 N–H and O–H groups in total. The van der Waals surface area contributed by atoms with E-state index < -0.39 is 6.09 Å². The largest absolute Gasteiger partial charge is 0.445 e. The molecule has 0 aliphatic heterocycles. The van der Waals surface area contributed by atoms with Crippen molar-refractivity contribution in [2.24, 2.45) is 5.73 Å². The second-order valence-electron chi connectivity index (χ2n) is 2.53. The van der Waals surface area contributed by atoms with E-state index in [1.807, 2.05) is 6.07 Å². The summed E-state index contributed by atoms with van der Waals surface area (Å²) in [7, 11) is 0. The summed E-state index contributed by atoms with van der Waals surface area (Å²) in [6.07, 6.45) is -0.827. The Hall–Kier alpha value is -1.54. The summed E-state index contributed by atoms with van der Waals surface area (Å²) in [6.45, 7) is 0.0806. The first-order chi connectivity index (χ1) is 6.63. The van der Waals surface area contributed by atoms with Gasteiger partial charge >= 0.3 is 6.09 Å². The Kier molecular flexibility index (Phi) is 3.48. The van der Waals surface area contributed by atoms with Gasteiger partial charge in [-0.25, -0.2) is 4.79 Å². The van der Waals surface area contributed by atoms with E-state index >= 15 is 0 Å². The fraction of sp³-hybridized carbons (Fsp3) is 0.111. The molecule has 0 aliphatic carbocycles. The van der Waals surface area contributed by atoms with Gasteiger partial charge in [0, 0.05) is 4.47 Å². The third kappa shape index (κ3) is 2.75. The van der Waals surface area contributed by atoms with Gasteiger partial charge in [-0.2, -0.15) is 5.26 Å². The molecular formula is C9H7BrN2O2. The lowest BCUT2D eigenvalue weighted by molar-refractivity contribution is 0.150. The average molecular weight is 255 g/mol. The number of halogens is 1. The first-order valence-corrected chi connectivity index (χ1v) is 4.53. The van der Waals surface area contributed by atoms with Gasteiger partial charge < -0.3 is 10.5 Å². The lowest BCUT2D eigenvalue weighted by Gasteiger charge is -2.02. The Bertz CT molecular complexity index is 398. The molecule has 0 fully saturated rings. The van der Waals surface area contributed by atoms with Crippen LogP contribution in [0.4, 0.5) is 4.79 Å². The molecule has 0 bridgehead atoms. The van der Waals surface area contributed by atoms with E-state index in [1.54, 1.807) is 18.2 Å². The van der Waals surface area contributed by atoms with Crippen molar-refractivity contribution < 1.29 is 9.53 Å². The highest BCUT2D eigenvalue weighted by Crippen LogP contribution is 2.17. The third-order valence-corrected chi connectivity index (χ3v) is 2.22. The van der Waals surface area contributed by atoms with Crippen LogP contribution in [0.2, 0.25) is 0 Å². The molecule has 5 heteroatoms. The van der Waals surface area contributed by atoms with Gasteiger partial charge in [-0.05, 0) is 33.6 Å². The number of nitriles is 1. The standard InChI is InChI=1S/C9H7BrN2O2/c10-8-2-1-6(3-7(8)4-11)5-14-9(12)13/h1-3H,5H2,(H2,12,13). The Morgan fingerprint density at radius 3 is 2.93 bits per heavy atom. The minimum atomic E-state index is -0.827. The zero-order valence-electron chi connectivity index (χ0n) is 7.16. The predicted molar refractivity (Wildman–Crippen MR) is 53.2 cm³/mol. The van der Waals surface area contributed by atoms with Gasteiger partial charge in [0.2, 0.25) is 0 Å². The molecule has 4 nitrogen and oxygen atoms in total. The van der Waals surface area contributed by atoms with Crippen LogP contribution in [0.1, 0.15) is 11.1 Å². The van der Waals surface area contributed by atoms with Gasteiger partial charge in [-0.1, -0.05) is 6.07 Å². The van der Waals surface area contributed by atoms with Crippen LogP contribution in [-0.4, -0.2) is 6.09 Å². The number of rotatable bonds is 2. The molecule has 0 aliphatic rings. The van der Waals surface area contributed by atoms with E-state index in [-0.39, 0.29) is 6.61 Å². The monoisotopic (exact) mass is 254 g/mol. The van der Waals surface area contributed by atoms with Crippen LogP contribution in [0.15, 0.2) is 22.7 Å². The number of hydrogen-bond acceptors (Lipinski definition) is 3. The van der Waals surface area contributed by atoms with Crippen molar-refractivity contribution >= 4 is 22.0 Å². The lowest BCUT2D eigenvalue weighted by atomic mass is 10.1. The Labute approximate surface area is 89.4 Å². The molecular weight excluding hydrogens is 248 g/mol. The molecule has 1 amide bonds. The minimum absolute atomic E-state index is 0.0806. The second kappa shape index (κ2) is 4.63. The molecule has 0 saturated carbocycles. The van der Waals surface area contributed by atoms with Crippen LogP contribution in [0.25, 0.3) is 0 Å². The summed E-state index contributed by atoms with van der Waals surface area (Å²) >= 11 is 3.22. The van der Waals surface area contributed by atoms with Crippen LogP contribution in [0.5, 0.6) is 0 Å². The normalized spacial score (nSPS) is 9.14. The maximum absolute atomic E-state index is 10.3. The van der Waals surface area contributed by atoms with Gasteiger partial charge in [-0.3, -0.25) is 0 Å². The van der Waals surface area contributed by atoms with Gasteiger partial charge in [-0.15, -0.1) is 0 Å². The molecule has 1 aromatic rings.